The molecule has 2 aliphatic rings. The maximum atomic E-state index is 9.46. The molecule has 0 saturated heterocycles. The second-order valence-electron chi connectivity index (χ2n) is 2.78. The largest absolute Gasteiger partial charge is 0.295 e. The Balaban J connectivity index is 2.32. The van der Waals surface area contributed by atoms with Crippen LogP contribution in [0.2, 0.25) is 0 Å². The lowest BCUT2D eigenvalue weighted by Gasteiger charge is -2.33. The molecule has 0 unspecified atom stereocenters. The molecule has 0 aromatic heterocycles. The fourth-order valence-electron chi connectivity index (χ4n) is 1.42. The summed E-state index contributed by atoms with van der Waals surface area (Å²) in [7, 11) is -2.47. The summed E-state index contributed by atoms with van der Waals surface area (Å²) in [4.78, 5) is 0. The average Bonchev–Trinajstić information content (AvgIpc) is 2.29. The molecule has 2 rings (SSSR count). The number of allylic oxidation sites excluding steroid dienone is 4. The zero-order chi connectivity index (χ0) is 7.90. The minimum Gasteiger partial charge on any atom is -0.295 e. The SMILES string of the molecule is OS1(O)C=C[C@@H]2C=CC=C[C@@H]21. The van der Waals surface area contributed by atoms with Gasteiger partial charge >= 0.3 is 0 Å². The van der Waals surface area contributed by atoms with E-state index in [0.717, 1.165) is 0 Å². The van der Waals surface area contributed by atoms with E-state index in [1.807, 2.05) is 30.4 Å². The lowest BCUT2D eigenvalue weighted by atomic mass is 10.0. The van der Waals surface area contributed by atoms with Crippen molar-refractivity contribution in [2.24, 2.45) is 5.92 Å². The minimum atomic E-state index is -2.47. The summed E-state index contributed by atoms with van der Waals surface area (Å²) >= 11 is 0. The molecule has 0 aromatic carbocycles. The quantitative estimate of drug-likeness (QED) is 0.586. The van der Waals surface area contributed by atoms with Crippen LogP contribution in [0.5, 0.6) is 0 Å². The van der Waals surface area contributed by atoms with Crippen molar-refractivity contribution < 1.29 is 9.11 Å². The topological polar surface area (TPSA) is 40.5 Å². The van der Waals surface area contributed by atoms with Crippen molar-refractivity contribution >= 4 is 10.6 Å². The van der Waals surface area contributed by atoms with Crippen molar-refractivity contribution in [3.05, 3.63) is 35.8 Å². The molecule has 0 bridgehead atoms. The number of hydrogen-bond donors (Lipinski definition) is 2. The van der Waals surface area contributed by atoms with Crippen LogP contribution >= 0.6 is 10.6 Å². The van der Waals surface area contributed by atoms with E-state index in [2.05, 4.69) is 0 Å². The molecule has 2 N–H and O–H groups in total. The van der Waals surface area contributed by atoms with E-state index in [4.69, 9.17) is 0 Å². The second-order valence-corrected chi connectivity index (χ2v) is 4.87. The van der Waals surface area contributed by atoms with Gasteiger partial charge in [-0.05, 0) is 0 Å². The average molecular weight is 170 g/mol. The van der Waals surface area contributed by atoms with E-state index in [-0.39, 0.29) is 11.2 Å². The van der Waals surface area contributed by atoms with Gasteiger partial charge in [-0.25, -0.2) is 0 Å². The normalized spacial score (nSPS) is 40.5. The van der Waals surface area contributed by atoms with Crippen molar-refractivity contribution in [3.8, 4) is 0 Å². The zero-order valence-electron chi connectivity index (χ0n) is 5.92. The molecular weight excluding hydrogens is 160 g/mol. The molecule has 0 saturated carbocycles. The van der Waals surface area contributed by atoms with Gasteiger partial charge in [0.2, 0.25) is 0 Å². The van der Waals surface area contributed by atoms with Crippen molar-refractivity contribution in [1.82, 2.24) is 0 Å². The molecule has 3 heteroatoms. The van der Waals surface area contributed by atoms with Crippen molar-refractivity contribution in [1.29, 1.82) is 0 Å². The lowest BCUT2D eigenvalue weighted by Crippen LogP contribution is -2.17. The third-order valence-corrected chi connectivity index (χ3v) is 3.86. The van der Waals surface area contributed by atoms with Gasteiger partial charge in [0, 0.05) is 11.3 Å². The van der Waals surface area contributed by atoms with Crippen LogP contribution in [0.15, 0.2) is 35.8 Å². The van der Waals surface area contributed by atoms with E-state index >= 15 is 0 Å². The zero-order valence-corrected chi connectivity index (χ0v) is 6.74. The molecule has 0 aromatic rings. The number of hydrogen-bond acceptors (Lipinski definition) is 2. The molecule has 11 heavy (non-hydrogen) atoms. The lowest BCUT2D eigenvalue weighted by molar-refractivity contribution is 0.488. The fraction of sp³-hybridized carbons (Fsp3) is 0.250. The first-order valence-corrected chi connectivity index (χ1v) is 5.18. The molecule has 0 amide bonds. The van der Waals surface area contributed by atoms with Gasteiger partial charge in [-0.15, -0.1) is 0 Å². The molecule has 1 aliphatic carbocycles. The van der Waals surface area contributed by atoms with Crippen LogP contribution in [-0.4, -0.2) is 14.4 Å². The Labute approximate surface area is 67.3 Å². The molecule has 1 heterocycles. The van der Waals surface area contributed by atoms with Crippen LogP contribution in [0.3, 0.4) is 0 Å². The summed E-state index contributed by atoms with van der Waals surface area (Å²) in [6.07, 6.45) is 9.51. The van der Waals surface area contributed by atoms with Gasteiger partial charge in [-0.1, -0.05) is 30.4 Å². The van der Waals surface area contributed by atoms with Crippen LogP contribution in [0, 0.1) is 5.92 Å². The second kappa shape index (κ2) is 2.24. The Bertz CT molecular complexity index is 253. The first-order chi connectivity index (χ1) is 5.20. The predicted molar refractivity (Wildman–Crippen MR) is 47.5 cm³/mol. The molecule has 0 fully saturated rings. The van der Waals surface area contributed by atoms with Crippen LogP contribution in [0.25, 0.3) is 0 Å². The van der Waals surface area contributed by atoms with Crippen LogP contribution in [0.4, 0.5) is 0 Å². The minimum absolute atomic E-state index is 0.104. The van der Waals surface area contributed by atoms with Crippen LogP contribution < -0.4 is 0 Å². The highest BCUT2D eigenvalue weighted by atomic mass is 32.3. The first kappa shape index (κ1) is 7.16. The Hall–Kier alpha value is -0.510. The van der Waals surface area contributed by atoms with Gasteiger partial charge in [0.1, 0.15) is 0 Å². The molecular formula is C8H10O2S. The highest BCUT2D eigenvalue weighted by Gasteiger charge is 2.32. The molecule has 2 nitrogen and oxygen atoms in total. The fourth-order valence-corrected chi connectivity index (χ4v) is 2.98. The maximum absolute atomic E-state index is 9.46. The van der Waals surface area contributed by atoms with E-state index < -0.39 is 10.6 Å². The summed E-state index contributed by atoms with van der Waals surface area (Å²) in [6.45, 7) is 0. The van der Waals surface area contributed by atoms with Crippen molar-refractivity contribution in [2.45, 2.75) is 5.25 Å². The van der Waals surface area contributed by atoms with E-state index in [1.165, 1.54) is 5.41 Å². The molecule has 1 aliphatic heterocycles. The molecule has 0 radical (unpaired) electrons. The summed E-state index contributed by atoms with van der Waals surface area (Å²) in [5.74, 6) is 0.199. The van der Waals surface area contributed by atoms with E-state index in [0.29, 0.717) is 0 Å². The standard InChI is InChI=1S/C8H10O2S/c9-11(10)6-5-7-3-1-2-4-8(7)11/h1-10H/t7-,8-/m0/s1. The highest BCUT2D eigenvalue weighted by molar-refractivity contribution is 8.27. The van der Waals surface area contributed by atoms with Gasteiger partial charge in [0.25, 0.3) is 0 Å². The smallest absolute Gasteiger partial charge is 0.0809 e. The monoisotopic (exact) mass is 170 g/mol. The van der Waals surface area contributed by atoms with Gasteiger partial charge < -0.3 is 0 Å². The maximum Gasteiger partial charge on any atom is 0.0809 e. The molecule has 0 spiro atoms. The van der Waals surface area contributed by atoms with E-state index in [9.17, 15) is 9.11 Å². The van der Waals surface area contributed by atoms with E-state index in [1.54, 1.807) is 0 Å². The summed E-state index contributed by atoms with van der Waals surface area (Å²) < 4.78 is 18.9. The number of fused-ring (bicyclic) bond motifs is 1. The molecule has 60 valence electrons. The Kier molecular flexibility index (Phi) is 1.45. The van der Waals surface area contributed by atoms with Crippen LogP contribution in [0.1, 0.15) is 0 Å². The van der Waals surface area contributed by atoms with Gasteiger partial charge in [0.05, 0.1) is 5.25 Å². The predicted octanol–water partition coefficient (Wildman–Crippen LogP) is 2.38. The third-order valence-electron chi connectivity index (χ3n) is 2.03. The summed E-state index contributed by atoms with van der Waals surface area (Å²) in [5, 5.41) is 1.43. The van der Waals surface area contributed by atoms with Crippen molar-refractivity contribution in [3.63, 3.8) is 0 Å². The Morgan fingerprint density at radius 1 is 1.00 bits per heavy atom. The Morgan fingerprint density at radius 2 is 1.73 bits per heavy atom. The Morgan fingerprint density at radius 3 is 2.45 bits per heavy atom. The first-order valence-electron chi connectivity index (χ1n) is 3.50. The summed E-state index contributed by atoms with van der Waals surface area (Å²) in [5.41, 5.74) is 0. The molecule has 2 atom stereocenters. The van der Waals surface area contributed by atoms with Gasteiger partial charge in [-0.3, -0.25) is 9.11 Å². The highest BCUT2D eigenvalue weighted by Crippen LogP contribution is 2.55. The van der Waals surface area contributed by atoms with Crippen molar-refractivity contribution in [2.75, 3.05) is 0 Å². The summed E-state index contributed by atoms with van der Waals surface area (Å²) in [6, 6.07) is 0. The van der Waals surface area contributed by atoms with Gasteiger partial charge in [-0.2, -0.15) is 10.6 Å². The number of rotatable bonds is 0. The van der Waals surface area contributed by atoms with Crippen LogP contribution in [-0.2, 0) is 0 Å². The third kappa shape index (κ3) is 1.05. The van der Waals surface area contributed by atoms with Gasteiger partial charge in [0.15, 0.2) is 0 Å².